The van der Waals surface area contributed by atoms with Crippen molar-refractivity contribution >= 4 is 11.8 Å². The Morgan fingerprint density at radius 3 is 2.88 bits per heavy atom. The summed E-state index contributed by atoms with van der Waals surface area (Å²) < 4.78 is 0. The zero-order chi connectivity index (χ0) is 11.2. The second kappa shape index (κ2) is 5.65. The lowest BCUT2D eigenvalue weighted by molar-refractivity contribution is 0.373. The van der Waals surface area contributed by atoms with Gasteiger partial charge in [0, 0.05) is 12.7 Å². The van der Waals surface area contributed by atoms with Crippen molar-refractivity contribution in [2.45, 2.75) is 32.1 Å². The average molecular weight is 221 g/mol. The van der Waals surface area contributed by atoms with Crippen LogP contribution in [-0.4, -0.2) is 16.5 Å². The largest absolute Gasteiger partial charge is 0.370 e. The number of hydrogen-bond donors (Lipinski definition) is 3. The zero-order valence-corrected chi connectivity index (χ0v) is 9.45. The highest BCUT2D eigenvalue weighted by Crippen LogP contribution is 2.23. The minimum absolute atomic E-state index is 0.452. The summed E-state index contributed by atoms with van der Waals surface area (Å²) in [6.45, 7) is 1.00. The molecule has 0 bridgehead atoms. The van der Waals surface area contributed by atoms with Crippen LogP contribution in [0.1, 0.15) is 32.1 Å². The molecule has 5 nitrogen and oxygen atoms in total. The van der Waals surface area contributed by atoms with Gasteiger partial charge in [0.2, 0.25) is 5.95 Å². The number of hydrazine groups is 1. The summed E-state index contributed by atoms with van der Waals surface area (Å²) in [5.74, 6) is 7.34. The van der Waals surface area contributed by atoms with Gasteiger partial charge in [-0.15, -0.1) is 0 Å². The molecule has 1 saturated carbocycles. The first-order valence-corrected chi connectivity index (χ1v) is 5.92. The highest BCUT2D eigenvalue weighted by atomic mass is 15.3. The van der Waals surface area contributed by atoms with Crippen molar-refractivity contribution in [2.75, 3.05) is 17.3 Å². The summed E-state index contributed by atoms with van der Waals surface area (Å²) >= 11 is 0. The summed E-state index contributed by atoms with van der Waals surface area (Å²) in [5.41, 5.74) is 2.44. The van der Waals surface area contributed by atoms with E-state index in [1.165, 1.54) is 32.1 Å². The molecule has 16 heavy (non-hydrogen) atoms. The van der Waals surface area contributed by atoms with Gasteiger partial charge in [-0.3, -0.25) is 5.43 Å². The molecule has 0 aromatic carbocycles. The Hall–Kier alpha value is -1.36. The van der Waals surface area contributed by atoms with Gasteiger partial charge in [0.25, 0.3) is 0 Å². The molecule has 1 aromatic rings. The molecule has 1 aliphatic carbocycles. The van der Waals surface area contributed by atoms with E-state index in [1.54, 1.807) is 6.20 Å². The van der Waals surface area contributed by atoms with Gasteiger partial charge in [0.05, 0.1) is 0 Å². The fourth-order valence-electron chi connectivity index (χ4n) is 2.17. The Morgan fingerprint density at radius 2 is 2.12 bits per heavy atom. The standard InChI is InChI=1S/C11H19N5/c12-16-11-13-7-6-10(15-11)14-8-9-4-2-1-3-5-9/h6-7,9H,1-5,8,12H2,(H2,13,14,15,16). The lowest BCUT2D eigenvalue weighted by Crippen LogP contribution is -2.18. The Kier molecular flexibility index (Phi) is 3.93. The van der Waals surface area contributed by atoms with Crippen molar-refractivity contribution in [1.29, 1.82) is 0 Å². The van der Waals surface area contributed by atoms with Crippen LogP contribution in [0.15, 0.2) is 12.3 Å². The van der Waals surface area contributed by atoms with Crippen molar-refractivity contribution in [3.05, 3.63) is 12.3 Å². The molecule has 0 atom stereocenters. The lowest BCUT2D eigenvalue weighted by atomic mass is 9.89. The predicted molar refractivity (Wildman–Crippen MR) is 64.9 cm³/mol. The first-order chi connectivity index (χ1) is 7.88. The van der Waals surface area contributed by atoms with Crippen molar-refractivity contribution in [3.63, 3.8) is 0 Å². The van der Waals surface area contributed by atoms with Crippen LogP contribution >= 0.6 is 0 Å². The summed E-state index contributed by atoms with van der Waals surface area (Å²) in [6.07, 6.45) is 8.49. The second-order valence-corrected chi connectivity index (χ2v) is 4.29. The monoisotopic (exact) mass is 221 g/mol. The molecule has 88 valence electrons. The minimum Gasteiger partial charge on any atom is -0.370 e. The quantitative estimate of drug-likeness (QED) is 0.533. The molecule has 0 radical (unpaired) electrons. The topological polar surface area (TPSA) is 75.9 Å². The Labute approximate surface area is 95.8 Å². The summed E-state index contributed by atoms with van der Waals surface area (Å²) in [5, 5.41) is 3.34. The molecule has 2 rings (SSSR count). The van der Waals surface area contributed by atoms with Crippen LogP contribution in [0.4, 0.5) is 11.8 Å². The van der Waals surface area contributed by atoms with Crippen LogP contribution in [0.5, 0.6) is 0 Å². The number of anilines is 2. The van der Waals surface area contributed by atoms with Crippen molar-refractivity contribution in [2.24, 2.45) is 11.8 Å². The number of nitrogens with two attached hydrogens (primary N) is 1. The summed E-state index contributed by atoms with van der Waals surface area (Å²) in [4.78, 5) is 8.18. The van der Waals surface area contributed by atoms with Gasteiger partial charge in [-0.05, 0) is 24.8 Å². The highest BCUT2D eigenvalue weighted by molar-refractivity contribution is 5.38. The SMILES string of the molecule is NNc1nccc(NCC2CCCCC2)n1. The van der Waals surface area contributed by atoms with Gasteiger partial charge in [-0.25, -0.2) is 10.8 Å². The molecule has 0 saturated heterocycles. The Balaban J connectivity index is 1.83. The van der Waals surface area contributed by atoms with E-state index in [0.29, 0.717) is 5.95 Å². The Morgan fingerprint density at radius 1 is 1.31 bits per heavy atom. The molecular formula is C11H19N5. The van der Waals surface area contributed by atoms with Crippen LogP contribution < -0.4 is 16.6 Å². The predicted octanol–water partition coefficient (Wildman–Crippen LogP) is 1.75. The molecule has 1 aliphatic rings. The second-order valence-electron chi connectivity index (χ2n) is 4.29. The average Bonchev–Trinajstić information content (AvgIpc) is 2.38. The van der Waals surface area contributed by atoms with E-state index >= 15 is 0 Å². The van der Waals surface area contributed by atoms with E-state index < -0.39 is 0 Å². The molecule has 0 unspecified atom stereocenters. The van der Waals surface area contributed by atoms with Crippen LogP contribution in [-0.2, 0) is 0 Å². The number of aromatic nitrogens is 2. The number of nitrogen functional groups attached to an aromatic ring is 1. The zero-order valence-electron chi connectivity index (χ0n) is 9.45. The van der Waals surface area contributed by atoms with Crippen LogP contribution in [0, 0.1) is 5.92 Å². The Bertz CT molecular complexity index is 322. The van der Waals surface area contributed by atoms with Crippen LogP contribution in [0.25, 0.3) is 0 Å². The van der Waals surface area contributed by atoms with Crippen molar-refractivity contribution in [3.8, 4) is 0 Å². The van der Waals surface area contributed by atoms with E-state index in [0.717, 1.165) is 18.3 Å². The summed E-state index contributed by atoms with van der Waals surface area (Å²) in [7, 11) is 0. The first-order valence-electron chi connectivity index (χ1n) is 5.92. The summed E-state index contributed by atoms with van der Waals surface area (Å²) in [6, 6.07) is 1.86. The first kappa shape index (κ1) is 11.1. The van der Waals surface area contributed by atoms with Gasteiger partial charge in [-0.2, -0.15) is 4.98 Å². The van der Waals surface area contributed by atoms with E-state index in [9.17, 15) is 0 Å². The van der Waals surface area contributed by atoms with E-state index in [2.05, 4.69) is 20.7 Å². The normalized spacial score (nSPS) is 17.1. The molecule has 5 heteroatoms. The maximum atomic E-state index is 5.25. The number of hydrogen-bond acceptors (Lipinski definition) is 5. The van der Waals surface area contributed by atoms with E-state index in [1.807, 2.05) is 6.07 Å². The third kappa shape index (κ3) is 3.06. The number of nitrogens with zero attached hydrogens (tertiary/aromatic N) is 2. The van der Waals surface area contributed by atoms with Gasteiger partial charge < -0.3 is 5.32 Å². The third-order valence-corrected chi connectivity index (χ3v) is 3.08. The fraction of sp³-hybridized carbons (Fsp3) is 0.636. The van der Waals surface area contributed by atoms with Crippen LogP contribution in [0.3, 0.4) is 0 Å². The number of nitrogens with one attached hydrogen (secondary N) is 2. The molecule has 1 fully saturated rings. The number of rotatable bonds is 4. The lowest BCUT2D eigenvalue weighted by Gasteiger charge is -2.21. The smallest absolute Gasteiger partial charge is 0.239 e. The van der Waals surface area contributed by atoms with Crippen LogP contribution in [0.2, 0.25) is 0 Å². The van der Waals surface area contributed by atoms with E-state index in [-0.39, 0.29) is 0 Å². The molecule has 0 spiro atoms. The van der Waals surface area contributed by atoms with E-state index in [4.69, 9.17) is 5.84 Å². The van der Waals surface area contributed by atoms with Crippen molar-refractivity contribution < 1.29 is 0 Å². The maximum Gasteiger partial charge on any atom is 0.239 e. The minimum atomic E-state index is 0.452. The van der Waals surface area contributed by atoms with Gasteiger partial charge in [0.1, 0.15) is 5.82 Å². The van der Waals surface area contributed by atoms with Gasteiger partial charge in [0.15, 0.2) is 0 Å². The fourth-order valence-corrected chi connectivity index (χ4v) is 2.17. The molecular weight excluding hydrogens is 202 g/mol. The molecule has 4 N–H and O–H groups in total. The molecule has 1 aromatic heterocycles. The molecule has 0 amide bonds. The van der Waals surface area contributed by atoms with Gasteiger partial charge >= 0.3 is 0 Å². The highest BCUT2D eigenvalue weighted by Gasteiger charge is 2.12. The molecule has 0 aliphatic heterocycles. The third-order valence-electron chi connectivity index (χ3n) is 3.08. The van der Waals surface area contributed by atoms with Gasteiger partial charge in [-0.1, -0.05) is 19.3 Å². The van der Waals surface area contributed by atoms with Crippen molar-refractivity contribution in [1.82, 2.24) is 9.97 Å². The maximum absolute atomic E-state index is 5.25. The molecule has 1 heterocycles.